The van der Waals surface area contributed by atoms with Crippen molar-refractivity contribution in [2.75, 3.05) is 0 Å². The van der Waals surface area contributed by atoms with Crippen LogP contribution in [0, 0.1) is 6.92 Å². The van der Waals surface area contributed by atoms with Gasteiger partial charge in [0.2, 0.25) is 0 Å². The molecule has 0 radical (unpaired) electrons. The molecule has 78 valence electrons. The van der Waals surface area contributed by atoms with Gasteiger partial charge in [-0.25, -0.2) is 0 Å². The molecule has 0 aliphatic rings. The molecule has 3 nitrogen and oxygen atoms in total. The number of halogens is 1. The molecular weight excluding hydrogens is 258 g/mol. The molecule has 0 saturated carbocycles. The van der Waals surface area contributed by atoms with E-state index in [0.29, 0.717) is 0 Å². The number of hydrogen-bond donors (Lipinski definition) is 2. The minimum absolute atomic E-state index is 0.0347. The summed E-state index contributed by atoms with van der Waals surface area (Å²) >= 11 is 3.43. The van der Waals surface area contributed by atoms with E-state index >= 15 is 0 Å². The molecule has 1 aromatic carbocycles. The van der Waals surface area contributed by atoms with Crippen LogP contribution >= 0.6 is 15.9 Å². The van der Waals surface area contributed by atoms with Crippen molar-refractivity contribution in [3.05, 3.63) is 33.9 Å². The van der Waals surface area contributed by atoms with Crippen molar-refractivity contribution in [1.29, 1.82) is 0 Å². The van der Waals surface area contributed by atoms with Crippen LogP contribution < -0.4 is 0 Å². The van der Waals surface area contributed by atoms with Gasteiger partial charge in [0.1, 0.15) is 0 Å². The van der Waals surface area contributed by atoms with Gasteiger partial charge in [0.05, 0.1) is 11.9 Å². The zero-order chi connectivity index (χ0) is 11.0. The van der Waals surface area contributed by atoms with Crippen molar-refractivity contribution in [1.82, 2.24) is 4.98 Å². The number of carboxylic acid groups (broad SMARTS) is 1. The van der Waals surface area contributed by atoms with Crippen LogP contribution in [0.25, 0.3) is 10.9 Å². The third-order valence-electron chi connectivity index (χ3n) is 2.47. The number of aromatic nitrogens is 1. The van der Waals surface area contributed by atoms with Gasteiger partial charge < -0.3 is 10.1 Å². The van der Waals surface area contributed by atoms with Gasteiger partial charge in [-0.2, -0.15) is 0 Å². The number of aryl methyl sites for hydroxylation is 1. The molecule has 0 atom stereocenters. The molecule has 0 aliphatic carbocycles. The highest BCUT2D eigenvalue weighted by atomic mass is 79.9. The monoisotopic (exact) mass is 267 g/mol. The number of nitrogens with one attached hydrogen (secondary N) is 1. The van der Waals surface area contributed by atoms with E-state index in [1.165, 1.54) is 0 Å². The molecule has 2 N–H and O–H groups in total. The number of fused-ring (bicyclic) bond motifs is 1. The quantitative estimate of drug-likeness (QED) is 0.879. The topological polar surface area (TPSA) is 53.1 Å². The molecule has 0 spiro atoms. The molecule has 2 rings (SSSR count). The van der Waals surface area contributed by atoms with Gasteiger partial charge in [-0.05, 0) is 34.5 Å². The largest absolute Gasteiger partial charge is 0.481 e. The fourth-order valence-corrected chi connectivity index (χ4v) is 2.16. The van der Waals surface area contributed by atoms with E-state index in [1.54, 1.807) is 0 Å². The highest BCUT2D eigenvalue weighted by Crippen LogP contribution is 2.27. The van der Waals surface area contributed by atoms with E-state index in [4.69, 9.17) is 5.11 Å². The van der Waals surface area contributed by atoms with Gasteiger partial charge in [0.15, 0.2) is 0 Å². The van der Waals surface area contributed by atoms with Crippen molar-refractivity contribution in [3.8, 4) is 0 Å². The van der Waals surface area contributed by atoms with Gasteiger partial charge in [0.25, 0.3) is 0 Å². The molecule has 15 heavy (non-hydrogen) atoms. The maximum atomic E-state index is 10.7. The lowest BCUT2D eigenvalue weighted by Gasteiger charge is -1.93. The summed E-state index contributed by atoms with van der Waals surface area (Å²) in [6.07, 6.45) is 0.0347. The number of para-hydroxylation sites is 1. The Hall–Kier alpha value is -1.29. The summed E-state index contributed by atoms with van der Waals surface area (Å²) < 4.78 is 0.958. The van der Waals surface area contributed by atoms with E-state index < -0.39 is 5.97 Å². The van der Waals surface area contributed by atoms with Crippen molar-refractivity contribution < 1.29 is 9.90 Å². The first-order valence-corrected chi connectivity index (χ1v) is 5.36. The minimum Gasteiger partial charge on any atom is -0.481 e. The highest BCUT2D eigenvalue weighted by molar-refractivity contribution is 9.10. The fourth-order valence-electron chi connectivity index (χ4n) is 1.70. The number of aromatic amines is 1. The zero-order valence-electron chi connectivity index (χ0n) is 8.17. The Labute approximate surface area is 95.2 Å². The van der Waals surface area contributed by atoms with Crippen LogP contribution in [0.4, 0.5) is 0 Å². The lowest BCUT2D eigenvalue weighted by molar-refractivity contribution is -0.136. The number of hydrogen-bond acceptors (Lipinski definition) is 1. The maximum absolute atomic E-state index is 10.7. The van der Waals surface area contributed by atoms with Gasteiger partial charge in [0, 0.05) is 15.6 Å². The second-order valence-corrected chi connectivity index (χ2v) is 4.32. The predicted octanol–water partition coefficient (Wildman–Crippen LogP) is 2.87. The fraction of sp³-hybridized carbons (Fsp3) is 0.182. The van der Waals surface area contributed by atoms with Crippen LogP contribution in [0.5, 0.6) is 0 Å². The number of carboxylic acids is 1. The van der Waals surface area contributed by atoms with E-state index in [2.05, 4.69) is 20.9 Å². The first-order valence-electron chi connectivity index (χ1n) is 4.57. The zero-order valence-corrected chi connectivity index (χ0v) is 9.76. The number of H-pyrrole nitrogens is 1. The molecule has 2 aromatic rings. The minimum atomic E-state index is -0.819. The van der Waals surface area contributed by atoms with Crippen molar-refractivity contribution in [3.63, 3.8) is 0 Å². The predicted molar refractivity (Wildman–Crippen MR) is 62.1 cm³/mol. The summed E-state index contributed by atoms with van der Waals surface area (Å²) in [5.74, 6) is -0.819. The van der Waals surface area contributed by atoms with Gasteiger partial charge in [-0.3, -0.25) is 4.79 Å². The lowest BCUT2D eigenvalue weighted by atomic mass is 10.1. The summed E-state index contributed by atoms with van der Waals surface area (Å²) in [5.41, 5.74) is 2.74. The Balaban J connectivity index is 2.64. The van der Waals surface area contributed by atoms with Crippen LogP contribution in [0.15, 0.2) is 22.7 Å². The second kappa shape index (κ2) is 3.70. The Kier molecular flexibility index (Phi) is 2.52. The standard InChI is InChI=1S/C11H10BrNO2/c1-6-7-3-2-4-8(12)11(7)13-9(6)5-10(14)15/h2-4,13H,5H2,1H3,(H,14,15). The third-order valence-corrected chi connectivity index (χ3v) is 3.14. The van der Waals surface area contributed by atoms with Crippen LogP contribution in [0.1, 0.15) is 11.3 Å². The number of carbonyl (C=O) groups is 1. The Morgan fingerprint density at radius 3 is 2.87 bits per heavy atom. The highest BCUT2D eigenvalue weighted by Gasteiger charge is 2.11. The average Bonchev–Trinajstić information content (AvgIpc) is 2.46. The summed E-state index contributed by atoms with van der Waals surface area (Å²) in [5, 5.41) is 9.82. The summed E-state index contributed by atoms with van der Waals surface area (Å²) in [6.45, 7) is 1.93. The molecule has 0 saturated heterocycles. The van der Waals surface area contributed by atoms with E-state index in [1.807, 2.05) is 25.1 Å². The molecular formula is C11H10BrNO2. The molecule has 4 heteroatoms. The Morgan fingerprint density at radius 1 is 1.53 bits per heavy atom. The maximum Gasteiger partial charge on any atom is 0.309 e. The summed E-state index contributed by atoms with van der Waals surface area (Å²) in [7, 11) is 0. The Bertz CT molecular complexity index is 531. The van der Waals surface area contributed by atoms with Gasteiger partial charge in [-0.1, -0.05) is 12.1 Å². The Morgan fingerprint density at radius 2 is 2.27 bits per heavy atom. The number of rotatable bonds is 2. The molecule has 0 bridgehead atoms. The molecule has 0 unspecified atom stereocenters. The molecule has 1 aromatic heterocycles. The first-order chi connectivity index (χ1) is 7.09. The van der Waals surface area contributed by atoms with Crippen molar-refractivity contribution >= 4 is 32.8 Å². The van der Waals surface area contributed by atoms with Crippen LogP contribution in [-0.4, -0.2) is 16.1 Å². The van der Waals surface area contributed by atoms with Crippen LogP contribution in [0.3, 0.4) is 0 Å². The molecule has 0 aliphatic heterocycles. The van der Waals surface area contributed by atoms with Crippen molar-refractivity contribution in [2.45, 2.75) is 13.3 Å². The van der Waals surface area contributed by atoms with Gasteiger partial charge in [-0.15, -0.1) is 0 Å². The number of benzene rings is 1. The second-order valence-electron chi connectivity index (χ2n) is 3.46. The summed E-state index contributed by atoms with van der Waals surface area (Å²) in [6, 6.07) is 5.86. The SMILES string of the molecule is Cc1c(CC(=O)O)[nH]c2c(Br)cccc12. The average molecular weight is 268 g/mol. The smallest absolute Gasteiger partial charge is 0.309 e. The lowest BCUT2D eigenvalue weighted by Crippen LogP contribution is -2.01. The van der Waals surface area contributed by atoms with Crippen molar-refractivity contribution in [2.24, 2.45) is 0 Å². The van der Waals surface area contributed by atoms with Crippen LogP contribution in [-0.2, 0) is 11.2 Å². The molecule has 0 amide bonds. The molecule has 1 heterocycles. The van der Waals surface area contributed by atoms with E-state index in [9.17, 15) is 4.79 Å². The normalized spacial score (nSPS) is 10.8. The third kappa shape index (κ3) is 1.77. The van der Waals surface area contributed by atoms with E-state index in [0.717, 1.165) is 26.6 Å². The number of aliphatic carboxylic acids is 1. The molecule has 0 fully saturated rings. The van der Waals surface area contributed by atoms with Crippen LogP contribution in [0.2, 0.25) is 0 Å². The van der Waals surface area contributed by atoms with Gasteiger partial charge >= 0.3 is 5.97 Å². The van der Waals surface area contributed by atoms with E-state index in [-0.39, 0.29) is 6.42 Å². The summed E-state index contributed by atoms with van der Waals surface area (Å²) in [4.78, 5) is 13.8. The first kappa shape index (κ1) is 10.2.